The van der Waals surface area contributed by atoms with Crippen molar-refractivity contribution in [1.82, 2.24) is 10.6 Å². The van der Waals surface area contributed by atoms with Crippen molar-refractivity contribution in [2.75, 3.05) is 13.6 Å². The molecule has 0 spiro atoms. The minimum Gasteiger partial charge on any atom is -0.506 e. The molecule has 0 aliphatic heterocycles. The summed E-state index contributed by atoms with van der Waals surface area (Å²) in [6.45, 7) is 2.65. The van der Waals surface area contributed by atoms with Crippen molar-refractivity contribution in [2.24, 2.45) is 0 Å². The van der Waals surface area contributed by atoms with E-state index < -0.39 is 0 Å². The molecule has 1 aromatic rings. The molecule has 0 aliphatic carbocycles. The summed E-state index contributed by atoms with van der Waals surface area (Å²) in [6.07, 6.45) is 0. The SMILES string of the molecule is CNC(=O)CNCc1cc(C)cc(Br)c1O. The quantitative estimate of drug-likeness (QED) is 0.782. The van der Waals surface area contributed by atoms with Gasteiger partial charge in [0.15, 0.2) is 0 Å². The number of likely N-dealkylation sites (N-methyl/N-ethyl adjacent to an activating group) is 1. The molecule has 0 aromatic heterocycles. The first-order valence-corrected chi connectivity index (χ1v) is 5.73. The van der Waals surface area contributed by atoms with Crippen molar-refractivity contribution in [1.29, 1.82) is 0 Å². The summed E-state index contributed by atoms with van der Waals surface area (Å²) >= 11 is 3.27. The van der Waals surface area contributed by atoms with Crippen molar-refractivity contribution in [3.8, 4) is 5.75 Å². The number of hydrogen-bond donors (Lipinski definition) is 3. The molecule has 0 unspecified atom stereocenters. The van der Waals surface area contributed by atoms with E-state index in [-0.39, 0.29) is 18.2 Å². The summed E-state index contributed by atoms with van der Waals surface area (Å²) in [5.74, 6) is 0.140. The number of rotatable bonds is 4. The van der Waals surface area contributed by atoms with Crippen molar-refractivity contribution in [2.45, 2.75) is 13.5 Å². The Balaban J connectivity index is 2.63. The molecule has 0 fully saturated rings. The van der Waals surface area contributed by atoms with Crippen molar-refractivity contribution >= 4 is 21.8 Å². The molecule has 0 radical (unpaired) electrons. The third-order valence-corrected chi connectivity index (χ3v) is 2.77. The minimum absolute atomic E-state index is 0.0776. The Kier molecular flexibility index (Phi) is 4.76. The summed E-state index contributed by atoms with van der Waals surface area (Å²) in [6, 6.07) is 3.73. The summed E-state index contributed by atoms with van der Waals surface area (Å²) < 4.78 is 0.671. The molecule has 0 aliphatic rings. The van der Waals surface area contributed by atoms with Gasteiger partial charge in [0.2, 0.25) is 5.91 Å². The van der Waals surface area contributed by atoms with Crippen LogP contribution in [0.4, 0.5) is 0 Å². The zero-order valence-electron chi connectivity index (χ0n) is 9.30. The highest BCUT2D eigenvalue weighted by Gasteiger charge is 2.06. The summed E-state index contributed by atoms with van der Waals surface area (Å²) in [5, 5.41) is 15.2. The van der Waals surface area contributed by atoms with E-state index >= 15 is 0 Å². The van der Waals surface area contributed by atoms with Gasteiger partial charge in [-0.15, -0.1) is 0 Å². The van der Waals surface area contributed by atoms with Crippen molar-refractivity contribution < 1.29 is 9.90 Å². The molecule has 1 amide bonds. The van der Waals surface area contributed by atoms with Crippen LogP contribution in [0.2, 0.25) is 0 Å². The topological polar surface area (TPSA) is 61.4 Å². The number of phenols is 1. The molecule has 1 aromatic carbocycles. The lowest BCUT2D eigenvalue weighted by molar-refractivity contribution is -0.119. The third-order valence-electron chi connectivity index (χ3n) is 2.17. The zero-order chi connectivity index (χ0) is 12.1. The van der Waals surface area contributed by atoms with Gasteiger partial charge in [-0.1, -0.05) is 6.07 Å². The van der Waals surface area contributed by atoms with Crippen LogP contribution in [0.1, 0.15) is 11.1 Å². The maximum Gasteiger partial charge on any atom is 0.233 e. The molecule has 5 heteroatoms. The fourth-order valence-corrected chi connectivity index (χ4v) is 1.96. The van der Waals surface area contributed by atoms with Gasteiger partial charge in [-0.05, 0) is 34.5 Å². The first-order valence-electron chi connectivity index (χ1n) is 4.94. The molecule has 0 bridgehead atoms. The number of carbonyl (C=O) groups excluding carboxylic acids is 1. The van der Waals surface area contributed by atoms with Gasteiger partial charge >= 0.3 is 0 Å². The molecular formula is C11H15BrN2O2. The first-order chi connectivity index (χ1) is 7.54. The van der Waals surface area contributed by atoms with Crippen LogP contribution >= 0.6 is 15.9 Å². The van der Waals surface area contributed by atoms with Crippen molar-refractivity contribution in [3.05, 3.63) is 27.7 Å². The van der Waals surface area contributed by atoms with Gasteiger partial charge in [0.1, 0.15) is 5.75 Å². The van der Waals surface area contributed by atoms with Crippen LogP contribution in [-0.2, 0) is 11.3 Å². The van der Waals surface area contributed by atoms with Gasteiger partial charge in [0.25, 0.3) is 0 Å². The van der Waals surface area contributed by atoms with Crippen LogP contribution in [0, 0.1) is 6.92 Å². The molecule has 16 heavy (non-hydrogen) atoms. The molecular weight excluding hydrogens is 272 g/mol. The fraction of sp³-hybridized carbons (Fsp3) is 0.364. The smallest absolute Gasteiger partial charge is 0.233 e. The van der Waals surface area contributed by atoms with Crippen LogP contribution in [0.15, 0.2) is 16.6 Å². The molecule has 1 rings (SSSR count). The molecule has 0 saturated heterocycles. The number of phenolic OH excluding ortho intramolecular Hbond substituents is 1. The second-order valence-electron chi connectivity index (χ2n) is 3.53. The number of amides is 1. The van der Waals surface area contributed by atoms with E-state index in [4.69, 9.17) is 0 Å². The third kappa shape index (κ3) is 3.50. The Morgan fingerprint density at radius 1 is 1.50 bits per heavy atom. The second kappa shape index (κ2) is 5.86. The molecule has 88 valence electrons. The Morgan fingerprint density at radius 2 is 2.19 bits per heavy atom. The van der Waals surface area contributed by atoms with Gasteiger partial charge in [-0.25, -0.2) is 0 Å². The van der Waals surface area contributed by atoms with Crippen LogP contribution in [0.3, 0.4) is 0 Å². The van der Waals surface area contributed by atoms with E-state index in [1.54, 1.807) is 7.05 Å². The van der Waals surface area contributed by atoms with Crippen LogP contribution < -0.4 is 10.6 Å². The summed E-state index contributed by atoms with van der Waals surface area (Å²) in [7, 11) is 1.59. The molecule has 4 nitrogen and oxygen atoms in total. The maximum absolute atomic E-state index is 11.0. The van der Waals surface area contributed by atoms with E-state index in [0.29, 0.717) is 11.0 Å². The van der Waals surface area contributed by atoms with Gasteiger partial charge < -0.3 is 15.7 Å². The van der Waals surface area contributed by atoms with E-state index in [1.807, 2.05) is 19.1 Å². The maximum atomic E-state index is 11.0. The predicted octanol–water partition coefficient (Wildman–Crippen LogP) is 1.30. The Hall–Kier alpha value is -1.07. The van der Waals surface area contributed by atoms with E-state index in [9.17, 15) is 9.90 Å². The highest BCUT2D eigenvalue weighted by molar-refractivity contribution is 9.10. The summed E-state index contributed by atoms with van der Waals surface area (Å²) in [5.41, 5.74) is 1.83. The monoisotopic (exact) mass is 286 g/mol. The number of halogens is 1. The minimum atomic E-state index is -0.0776. The van der Waals surface area contributed by atoms with Crippen LogP contribution in [0.5, 0.6) is 5.75 Å². The van der Waals surface area contributed by atoms with E-state index in [2.05, 4.69) is 26.6 Å². The Labute approximate surface area is 103 Å². The number of nitrogens with one attached hydrogen (secondary N) is 2. The second-order valence-corrected chi connectivity index (χ2v) is 4.39. The molecule has 0 saturated carbocycles. The molecule has 0 heterocycles. The number of hydrogen-bond acceptors (Lipinski definition) is 3. The van der Waals surface area contributed by atoms with Crippen LogP contribution in [0.25, 0.3) is 0 Å². The summed E-state index contributed by atoms with van der Waals surface area (Å²) in [4.78, 5) is 11.0. The van der Waals surface area contributed by atoms with Crippen molar-refractivity contribution in [3.63, 3.8) is 0 Å². The molecule has 3 N–H and O–H groups in total. The van der Waals surface area contributed by atoms with E-state index in [0.717, 1.165) is 11.1 Å². The van der Waals surface area contributed by atoms with Gasteiger partial charge in [0.05, 0.1) is 11.0 Å². The lowest BCUT2D eigenvalue weighted by atomic mass is 10.1. The Bertz CT molecular complexity index is 394. The number of aryl methyl sites for hydroxylation is 1. The fourth-order valence-electron chi connectivity index (χ4n) is 1.34. The van der Waals surface area contributed by atoms with Gasteiger partial charge in [0, 0.05) is 19.2 Å². The average Bonchev–Trinajstić information content (AvgIpc) is 2.24. The van der Waals surface area contributed by atoms with Crippen LogP contribution in [-0.4, -0.2) is 24.6 Å². The highest BCUT2D eigenvalue weighted by atomic mass is 79.9. The lowest BCUT2D eigenvalue weighted by Gasteiger charge is -2.09. The highest BCUT2D eigenvalue weighted by Crippen LogP contribution is 2.29. The standard InChI is InChI=1S/C11H15BrN2O2/c1-7-3-8(11(16)9(12)4-7)5-14-6-10(15)13-2/h3-4,14,16H,5-6H2,1-2H3,(H,13,15). The number of carbonyl (C=O) groups is 1. The van der Waals surface area contributed by atoms with Gasteiger partial charge in [-0.3, -0.25) is 4.79 Å². The lowest BCUT2D eigenvalue weighted by Crippen LogP contribution is -2.31. The van der Waals surface area contributed by atoms with Gasteiger partial charge in [-0.2, -0.15) is 0 Å². The predicted molar refractivity (Wildman–Crippen MR) is 66.3 cm³/mol. The Morgan fingerprint density at radius 3 is 2.81 bits per heavy atom. The van der Waals surface area contributed by atoms with E-state index in [1.165, 1.54) is 0 Å². The zero-order valence-corrected chi connectivity index (χ0v) is 10.9. The molecule has 0 atom stereocenters. The largest absolute Gasteiger partial charge is 0.506 e. The first kappa shape index (κ1) is 13.0. The normalized spacial score (nSPS) is 10.2. The number of aromatic hydroxyl groups is 1. The number of benzene rings is 1. The average molecular weight is 287 g/mol.